The van der Waals surface area contributed by atoms with E-state index < -0.39 is 0 Å². The lowest BCUT2D eigenvalue weighted by atomic mass is 10.1. The number of nitrogens with zero attached hydrogens (tertiary/aromatic N) is 2. The Hall–Kier alpha value is -1.78. The molecule has 2 heterocycles. The third-order valence-electron chi connectivity index (χ3n) is 4.23. The molecule has 2 aliphatic rings. The summed E-state index contributed by atoms with van der Waals surface area (Å²) in [5.74, 6) is 1.20. The second-order valence-electron chi connectivity index (χ2n) is 6.91. The highest BCUT2D eigenvalue weighted by atomic mass is 16.5. The third kappa shape index (κ3) is 3.18. The van der Waals surface area contributed by atoms with Crippen molar-refractivity contribution in [3.8, 4) is 5.75 Å². The van der Waals surface area contributed by atoms with Gasteiger partial charge in [-0.25, -0.2) is 0 Å². The van der Waals surface area contributed by atoms with Gasteiger partial charge in [0.1, 0.15) is 11.9 Å². The van der Waals surface area contributed by atoms with E-state index >= 15 is 0 Å². The van der Waals surface area contributed by atoms with Gasteiger partial charge in [0.05, 0.1) is 13.1 Å². The predicted octanol–water partition coefficient (Wildman–Crippen LogP) is 2.13. The zero-order chi connectivity index (χ0) is 15.9. The number of pyridine rings is 1. The first-order chi connectivity index (χ1) is 10.4. The summed E-state index contributed by atoms with van der Waals surface area (Å²) in [5, 5.41) is 0. The maximum Gasteiger partial charge on any atom is 0.254 e. The van der Waals surface area contributed by atoms with Gasteiger partial charge in [-0.05, 0) is 31.7 Å². The van der Waals surface area contributed by atoms with Crippen LogP contribution in [-0.2, 0) is 4.79 Å². The molecule has 0 N–H and O–H groups in total. The van der Waals surface area contributed by atoms with Crippen molar-refractivity contribution in [1.29, 1.82) is 0 Å². The third-order valence-corrected chi connectivity index (χ3v) is 4.23. The summed E-state index contributed by atoms with van der Waals surface area (Å²) in [6, 6.07) is 3.89. The summed E-state index contributed by atoms with van der Waals surface area (Å²) in [5.41, 5.74) is 0.974. The zero-order valence-corrected chi connectivity index (χ0v) is 13.5. The number of amides is 1. The van der Waals surface area contributed by atoms with E-state index in [0.717, 1.165) is 18.5 Å². The molecule has 1 amide bonds. The van der Waals surface area contributed by atoms with Crippen molar-refractivity contribution < 1.29 is 9.53 Å². The molecular weight excluding hydrogens is 280 g/mol. The Morgan fingerprint density at radius 3 is 2.55 bits per heavy atom. The van der Waals surface area contributed by atoms with E-state index in [1.807, 2.05) is 36.3 Å². The van der Waals surface area contributed by atoms with E-state index in [0.29, 0.717) is 37.2 Å². The molecule has 1 aromatic heterocycles. The van der Waals surface area contributed by atoms with Gasteiger partial charge >= 0.3 is 0 Å². The number of aromatic nitrogens is 1. The number of rotatable bonds is 5. The molecule has 1 aromatic rings. The van der Waals surface area contributed by atoms with Crippen LogP contribution in [0.25, 0.3) is 0 Å². The van der Waals surface area contributed by atoms with Crippen LogP contribution >= 0.6 is 0 Å². The first kappa shape index (κ1) is 15.1. The molecule has 0 unspecified atom stereocenters. The Bertz CT molecular complexity index is 625. The lowest BCUT2D eigenvalue weighted by molar-refractivity contribution is -0.140. The monoisotopic (exact) mass is 304 g/mol. The van der Waals surface area contributed by atoms with E-state index in [2.05, 4.69) is 0 Å². The molecule has 5 nitrogen and oxygen atoms in total. The zero-order valence-electron chi connectivity index (χ0n) is 13.5. The number of carbonyl (C=O) groups excluding carboxylic acids is 1. The highest BCUT2D eigenvalue weighted by Gasteiger charge is 2.32. The number of hydrogen-bond acceptors (Lipinski definition) is 3. The molecule has 3 rings (SSSR count). The molecule has 2 fully saturated rings. The second-order valence-corrected chi connectivity index (χ2v) is 6.91. The van der Waals surface area contributed by atoms with Crippen molar-refractivity contribution in [2.24, 2.45) is 5.92 Å². The molecule has 1 saturated carbocycles. The Morgan fingerprint density at radius 2 is 2.00 bits per heavy atom. The van der Waals surface area contributed by atoms with Crippen LogP contribution in [0.5, 0.6) is 5.75 Å². The Kier molecular flexibility index (Phi) is 3.98. The highest BCUT2D eigenvalue weighted by molar-refractivity contribution is 5.77. The minimum absolute atomic E-state index is 0.00619. The fourth-order valence-corrected chi connectivity index (χ4v) is 2.94. The average molecular weight is 304 g/mol. The molecule has 22 heavy (non-hydrogen) atoms. The van der Waals surface area contributed by atoms with Crippen molar-refractivity contribution >= 4 is 5.91 Å². The van der Waals surface area contributed by atoms with Crippen molar-refractivity contribution in [2.45, 2.75) is 52.2 Å². The lowest BCUT2D eigenvalue weighted by Gasteiger charge is -2.39. The standard InChI is InChI=1S/C17H24N2O3/c1-11(2)6-16(20)18-9-15(10-18)22-14-7-12(3)19(13-4-5-13)17(21)8-14/h7-8,11,13,15H,4-6,9-10H2,1-3H3. The Labute approximate surface area is 130 Å². The van der Waals surface area contributed by atoms with Crippen LogP contribution in [0.2, 0.25) is 0 Å². The summed E-state index contributed by atoms with van der Waals surface area (Å²) in [6.07, 6.45) is 2.78. The largest absolute Gasteiger partial charge is 0.486 e. The lowest BCUT2D eigenvalue weighted by Crippen LogP contribution is -2.56. The van der Waals surface area contributed by atoms with Gasteiger partial charge in [0.25, 0.3) is 5.56 Å². The van der Waals surface area contributed by atoms with Crippen LogP contribution in [0.4, 0.5) is 0 Å². The van der Waals surface area contributed by atoms with E-state index in [4.69, 9.17) is 4.74 Å². The molecular formula is C17H24N2O3. The van der Waals surface area contributed by atoms with Gasteiger partial charge in [-0.15, -0.1) is 0 Å². The molecule has 120 valence electrons. The minimum atomic E-state index is 0.00619. The fourth-order valence-electron chi connectivity index (χ4n) is 2.94. The molecule has 0 atom stereocenters. The van der Waals surface area contributed by atoms with Crippen molar-refractivity contribution in [3.05, 3.63) is 28.2 Å². The van der Waals surface area contributed by atoms with Crippen LogP contribution in [0, 0.1) is 12.8 Å². The van der Waals surface area contributed by atoms with Gasteiger partial charge in [-0.2, -0.15) is 0 Å². The normalized spacial score (nSPS) is 18.5. The summed E-state index contributed by atoms with van der Waals surface area (Å²) in [7, 11) is 0. The van der Waals surface area contributed by atoms with E-state index in [-0.39, 0.29) is 17.6 Å². The predicted molar refractivity (Wildman–Crippen MR) is 84.2 cm³/mol. The van der Waals surface area contributed by atoms with Gasteiger partial charge in [0, 0.05) is 24.2 Å². The van der Waals surface area contributed by atoms with Crippen molar-refractivity contribution in [1.82, 2.24) is 9.47 Å². The Morgan fingerprint density at radius 1 is 1.32 bits per heavy atom. The quantitative estimate of drug-likeness (QED) is 0.837. The van der Waals surface area contributed by atoms with Crippen LogP contribution in [0.3, 0.4) is 0 Å². The summed E-state index contributed by atoms with van der Waals surface area (Å²) in [4.78, 5) is 25.9. The van der Waals surface area contributed by atoms with Gasteiger partial charge in [-0.3, -0.25) is 9.59 Å². The number of likely N-dealkylation sites (tertiary alicyclic amines) is 1. The van der Waals surface area contributed by atoms with Gasteiger partial charge in [0.2, 0.25) is 5.91 Å². The topological polar surface area (TPSA) is 51.5 Å². The summed E-state index contributed by atoms with van der Waals surface area (Å²) in [6.45, 7) is 7.28. The molecule has 1 aliphatic heterocycles. The summed E-state index contributed by atoms with van der Waals surface area (Å²) >= 11 is 0. The molecule has 0 spiro atoms. The average Bonchev–Trinajstić information content (AvgIpc) is 3.15. The van der Waals surface area contributed by atoms with E-state index in [9.17, 15) is 9.59 Å². The molecule has 5 heteroatoms. The van der Waals surface area contributed by atoms with E-state index in [1.54, 1.807) is 6.07 Å². The molecule has 1 aliphatic carbocycles. The van der Waals surface area contributed by atoms with Crippen LogP contribution < -0.4 is 10.3 Å². The highest BCUT2D eigenvalue weighted by Crippen LogP contribution is 2.35. The molecule has 1 saturated heterocycles. The SMILES string of the molecule is Cc1cc(OC2CN(C(=O)CC(C)C)C2)cc(=O)n1C1CC1. The van der Waals surface area contributed by atoms with Gasteiger partial charge < -0.3 is 14.2 Å². The first-order valence-corrected chi connectivity index (χ1v) is 8.11. The number of aryl methyl sites for hydroxylation is 1. The van der Waals surface area contributed by atoms with Crippen molar-refractivity contribution in [3.63, 3.8) is 0 Å². The van der Waals surface area contributed by atoms with Gasteiger partial charge in [0.15, 0.2) is 0 Å². The first-order valence-electron chi connectivity index (χ1n) is 8.11. The number of ether oxygens (including phenoxy) is 1. The minimum Gasteiger partial charge on any atom is -0.486 e. The van der Waals surface area contributed by atoms with Crippen LogP contribution in [-0.4, -0.2) is 34.6 Å². The Balaban J connectivity index is 1.57. The maximum atomic E-state index is 12.1. The molecule has 0 aromatic carbocycles. The molecule has 0 bridgehead atoms. The van der Waals surface area contributed by atoms with Crippen molar-refractivity contribution in [2.75, 3.05) is 13.1 Å². The number of hydrogen-bond donors (Lipinski definition) is 0. The number of carbonyl (C=O) groups is 1. The second kappa shape index (κ2) is 5.78. The summed E-state index contributed by atoms with van der Waals surface area (Å²) < 4.78 is 7.70. The van der Waals surface area contributed by atoms with E-state index in [1.165, 1.54) is 0 Å². The smallest absolute Gasteiger partial charge is 0.254 e. The van der Waals surface area contributed by atoms with Crippen LogP contribution in [0.15, 0.2) is 16.9 Å². The molecule has 0 radical (unpaired) electrons. The maximum absolute atomic E-state index is 12.1. The van der Waals surface area contributed by atoms with Crippen LogP contribution in [0.1, 0.15) is 44.8 Å². The fraction of sp³-hybridized carbons (Fsp3) is 0.647. The van der Waals surface area contributed by atoms with Gasteiger partial charge in [-0.1, -0.05) is 13.8 Å².